The molecule has 1 aliphatic rings. The van der Waals surface area contributed by atoms with Crippen molar-refractivity contribution in [2.45, 2.75) is 78.4 Å². The Balaban J connectivity index is 2.36. The van der Waals surface area contributed by atoms with E-state index < -0.39 is 0 Å². The summed E-state index contributed by atoms with van der Waals surface area (Å²) in [5.41, 5.74) is 0.232. The first kappa shape index (κ1) is 16.0. The Hall–Kier alpha value is -0.0800. The molecule has 1 saturated carbocycles. The van der Waals surface area contributed by atoms with Crippen LogP contribution in [0, 0.1) is 11.8 Å². The summed E-state index contributed by atoms with van der Waals surface area (Å²) in [6.45, 7) is 13.1. The average molecular weight is 255 g/mol. The lowest BCUT2D eigenvalue weighted by atomic mass is 9.87. The molecule has 1 aliphatic carbocycles. The van der Waals surface area contributed by atoms with E-state index in [9.17, 15) is 0 Å². The van der Waals surface area contributed by atoms with Crippen LogP contribution in [0.2, 0.25) is 0 Å². The smallest absolute Gasteiger partial charge is 0.0518 e. The van der Waals surface area contributed by atoms with Crippen LogP contribution in [0.4, 0.5) is 0 Å². The third-order valence-electron chi connectivity index (χ3n) is 3.90. The van der Waals surface area contributed by atoms with Gasteiger partial charge in [-0.05, 0) is 59.4 Å². The molecule has 108 valence electrons. The van der Waals surface area contributed by atoms with Crippen molar-refractivity contribution < 1.29 is 4.74 Å². The Morgan fingerprint density at radius 1 is 1.17 bits per heavy atom. The van der Waals surface area contributed by atoms with Gasteiger partial charge in [0.05, 0.1) is 6.10 Å². The van der Waals surface area contributed by atoms with Gasteiger partial charge in [0.1, 0.15) is 0 Å². The zero-order valence-electron chi connectivity index (χ0n) is 13.1. The van der Waals surface area contributed by atoms with E-state index in [1.165, 1.54) is 32.1 Å². The van der Waals surface area contributed by atoms with Crippen LogP contribution in [0.3, 0.4) is 0 Å². The van der Waals surface area contributed by atoms with Crippen LogP contribution in [-0.4, -0.2) is 24.8 Å². The van der Waals surface area contributed by atoms with E-state index in [1.807, 2.05) is 0 Å². The fourth-order valence-corrected chi connectivity index (χ4v) is 2.83. The second kappa shape index (κ2) is 7.49. The lowest BCUT2D eigenvalue weighted by molar-refractivity contribution is 0.0615. The minimum absolute atomic E-state index is 0.232. The van der Waals surface area contributed by atoms with Crippen LogP contribution in [0.1, 0.15) is 66.7 Å². The second-order valence-corrected chi connectivity index (χ2v) is 7.14. The van der Waals surface area contributed by atoms with Gasteiger partial charge in [0.15, 0.2) is 0 Å². The van der Waals surface area contributed by atoms with E-state index in [0.717, 1.165) is 25.0 Å². The standard InChI is InChI=1S/C16H33NO/c1-13(2)18-11-10-15(12-17-16(3,4)5)14-8-6-7-9-14/h13-15,17H,6-12H2,1-5H3. The number of hydrogen-bond acceptors (Lipinski definition) is 2. The molecule has 0 radical (unpaired) electrons. The molecule has 0 heterocycles. The Bertz CT molecular complexity index is 214. The Morgan fingerprint density at radius 3 is 2.28 bits per heavy atom. The molecular weight excluding hydrogens is 222 g/mol. The van der Waals surface area contributed by atoms with E-state index in [4.69, 9.17) is 4.74 Å². The Morgan fingerprint density at radius 2 is 1.78 bits per heavy atom. The van der Waals surface area contributed by atoms with Gasteiger partial charge in [-0.1, -0.05) is 25.7 Å². The van der Waals surface area contributed by atoms with Crippen LogP contribution < -0.4 is 5.32 Å². The zero-order chi connectivity index (χ0) is 13.6. The van der Waals surface area contributed by atoms with E-state index in [0.29, 0.717) is 6.10 Å². The second-order valence-electron chi connectivity index (χ2n) is 7.14. The molecule has 0 bridgehead atoms. The number of hydrogen-bond donors (Lipinski definition) is 1. The zero-order valence-corrected chi connectivity index (χ0v) is 13.1. The van der Waals surface area contributed by atoms with Crippen molar-refractivity contribution in [3.63, 3.8) is 0 Å². The molecule has 0 aliphatic heterocycles. The van der Waals surface area contributed by atoms with Crippen molar-refractivity contribution in [2.75, 3.05) is 13.2 Å². The predicted octanol–water partition coefficient (Wildman–Crippen LogP) is 4.00. The molecule has 0 aromatic rings. The predicted molar refractivity (Wildman–Crippen MR) is 78.9 cm³/mol. The highest BCUT2D eigenvalue weighted by Crippen LogP contribution is 2.33. The van der Waals surface area contributed by atoms with Crippen molar-refractivity contribution >= 4 is 0 Å². The highest BCUT2D eigenvalue weighted by molar-refractivity contribution is 4.80. The molecule has 2 nitrogen and oxygen atoms in total. The van der Waals surface area contributed by atoms with Gasteiger partial charge in [-0.15, -0.1) is 0 Å². The summed E-state index contributed by atoms with van der Waals surface area (Å²) >= 11 is 0. The number of rotatable bonds is 7. The van der Waals surface area contributed by atoms with Crippen LogP contribution in [0.15, 0.2) is 0 Å². The normalized spacial score (nSPS) is 19.7. The lowest BCUT2D eigenvalue weighted by Crippen LogP contribution is -2.40. The maximum Gasteiger partial charge on any atom is 0.0518 e. The summed E-state index contributed by atoms with van der Waals surface area (Å²) in [5.74, 6) is 1.72. The van der Waals surface area contributed by atoms with Crippen molar-refractivity contribution in [1.82, 2.24) is 5.32 Å². The van der Waals surface area contributed by atoms with Crippen molar-refractivity contribution in [3.05, 3.63) is 0 Å². The maximum atomic E-state index is 5.74. The van der Waals surface area contributed by atoms with Crippen molar-refractivity contribution in [3.8, 4) is 0 Å². The van der Waals surface area contributed by atoms with Gasteiger partial charge in [-0.2, -0.15) is 0 Å². The molecule has 1 unspecified atom stereocenters. The molecule has 18 heavy (non-hydrogen) atoms. The molecular formula is C16H33NO. The first-order valence-electron chi connectivity index (χ1n) is 7.75. The number of ether oxygens (including phenoxy) is 1. The van der Waals surface area contributed by atoms with E-state index in [1.54, 1.807) is 0 Å². The van der Waals surface area contributed by atoms with E-state index in [2.05, 4.69) is 39.9 Å². The summed E-state index contributed by atoms with van der Waals surface area (Å²) in [4.78, 5) is 0. The van der Waals surface area contributed by atoms with Gasteiger partial charge in [0.25, 0.3) is 0 Å². The van der Waals surface area contributed by atoms with E-state index >= 15 is 0 Å². The topological polar surface area (TPSA) is 21.3 Å². The number of nitrogens with one attached hydrogen (secondary N) is 1. The summed E-state index contributed by atoms with van der Waals surface area (Å²) in [7, 11) is 0. The van der Waals surface area contributed by atoms with Gasteiger partial charge in [-0.3, -0.25) is 0 Å². The Labute approximate surface area is 114 Å². The van der Waals surface area contributed by atoms with Crippen LogP contribution in [0.5, 0.6) is 0 Å². The minimum Gasteiger partial charge on any atom is -0.379 e. The quantitative estimate of drug-likeness (QED) is 0.742. The van der Waals surface area contributed by atoms with Crippen LogP contribution in [-0.2, 0) is 4.74 Å². The fourth-order valence-electron chi connectivity index (χ4n) is 2.83. The van der Waals surface area contributed by atoms with Gasteiger partial charge in [-0.25, -0.2) is 0 Å². The summed E-state index contributed by atoms with van der Waals surface area (Å²) < 4.78 is 5.74. The van der Waals surface area contributed by atoms with Gasteiger partial charge in [0.2, 0.25) is 0 Å². The first-order chi connectivity index (χ1) is 8.38. The largest absolute Gasteiger partial charge is 0.379 e. The SMILES string of the molecule is CC(C)OCCC(CNC(C)(C)C)C1CCCC1. The summed E-state index contributed by atoms with van der Waals surface area (Å²) in [6, 6.07) is 0. The molecule has 1 N–H and O–H groups in total. The third-order valence-corrected chi connectivity index (χ3v) is 3.90. The highest BCUT2D eigenvalue weighted by Gasteiger charge is 2.25. The molecule has 0 aromatic heterocycles. The third kappa shape index (κ3) is 6.75. The van der Waals surface area contributed by atoms with Gasteiger partial charge in [0, 0.05) is 12.1 Å². The van der Waals surface area contributed by atoms with Crippen molar-refractivity contribution in [2.24, 2.45) is 11.8 Å². The maximum absolute atomic E-state index is 5.74. The van der Waals surface area contributed by atoms with Gasteiger partial charge >= 0.3 is 0 Å². The van der Waals surface area contributed by atoms with Crippen molar-refractivity contribution in [1.29, 1.82) is 0 Å². The molecule has 0 saturated heterocycles. The molecule has 1 atom stereocenters. The highest BCUT2D eigenvalue weighted by atomic mass is 16.5. The average Bonchev–Trinajstić information content (AvgIpc) is 2.74. The summed E-state index contributed by atoms with van der Waals surface area (Å²) in [5, 5.41) is 3.68. The van der Waals surface area contributed by atoms with E-state index in [-0.39, 0.29) is 5.54 Å². The fraction of sp³-hybridized carbons (Fsp3) is 1.00. The molecule has 2 heteroatoms. The summed E-state index contributed by atoms with van der Waals surface area (Å²) in [6.07, 6.45) is 7.30. The van der Waals surface area contributed by atoms with Crippen LogP contribution in [0.25, 0.3) is 0 Å². The first-order valence-corrected chi connectivity index (χ1v) is 7.75. The lowest BCUT2D eigenvalue weighted by Gasteiger charge is -2.29. The molecule has 0 spiro atoms. The molecule has 1 fully saturated rings. The monoisotopic (exact) mass is 255 g/mol. The molecule has 0 aromatic carbocycles. The minimum atomic E-state index is 0.232. The molecule has 0 amide bonds. The van der Waals surface area contributed by atoms with Crippen LogP contribution >= 0.6 is 0 Å². The Kier molecular flexibility index (Phi) is 6.65. The molecule has 1 rings (SSSR count). The van der Waals surface area contributed by atoms with Gasteiger partial charge < -0.3 is 10.1 Å².